The molecule has 0 radical (unpaired) electrons. The predicted octanol–water partition coefficient (Wildman–Crippen LogP) is 4.17. The zero-order chi connectivity index (χ0) is 24.4. The van der Waals surface area contributed by atoms with E-state index in [4.69, 9.17) is 4.74 Å². The van der Waals surface area contributed by atoms with Gasteiger partial charge in [0, 0.05) is 18.2 Å². The van der Waals surface area contributed by atoms with Gasteiger partial charge in [0.2, 0.25) is 5.91 Å². The number of carbonyl (C=O) groups is 3. The Morgan fingerprint density at radius 2 is 1.68 bits per heavy atom. The van der Waals surface area contributed by atoms with Gasteiger partial charge in [-0.2, -0.15) is 0 Å². The van der Waals surface area contributed by atoms with Gasteiger partial charge in [0.25, 0.3) is 0 Å². The van der Waals surface area contributed by atoms with E-state index in [-0.39, 0.29) is 36.3 Å². The van der Waals surface area contributed by atoms with Crippen LogP contribution >= 0.6 is 11.8 Å². The van der Waals surface area contributed by atoms with E-state index in [9.17, 15) is 19.5 Å². The van der Waals surface area contributed by atoms with Crippen LogP contribution in [-0.2, 0) is 14.3 Å². The number of nitrogens with one attached hydrogen (secondary N) is 1. The lowest BCUT2D eigenvalue weighted by Crippen LogP contribution is -2.50. The molecule has 0 saturated carbocycles. The van der Waals surface area contributed by atoms with Crippen molar-refractivity contribution < 1.29 is 24.2 Å². The standard InChI is InChI=1S/C26H30N2O5S/c1-15(2)21(24(29)28-16(3)34-14-23(28)25(30)31)12-27-26(32)33-13-22-19-10-6-4-8-17(19)18-9-5-7-11-20(18)22/h4-11,15-16,21-23H,12-14H2,1-3H3,(H,27,32)(H,30,31). The second-order valence-electron chi connectivity index (χ2n) is 9.09. The molecule has 1 aliphatic carbocycles. The van der Waals surface area contributed by atoms with Crippen LogP contribution in [0.4, 0.5) is 4.79 Å². The highest BCUT2D eigenvalue weighted by molar-refractivity contribution is 8.00. The third kappa shape index (κ3) is 4.64. The summed E-state index contributed by atoms with van der Waals surface area (Å²) in [7, 11) is 0. The summed E-state index contributed by atoms with van der Waals surface area (Å²) in [6.07, 6.45) is -0.584. The van der Waals surface area contributed by atoms with E-state index >= 15 is 0 Å². The first-order chi connectivity index (χ1) is 16.3. The van der Waals surface area contributed by atoms with E-state index in [2.05, 4.69) is 29.6 Å². The Morgan fingerprint density at radius 1 is 1.09 bits per heavy atom. The van der Waals surface area contributed by atoms with Crippen LogP contribution in [0.25, 0.3) is 11.1 Å². The minimum absolute atomic E-state index is 0.0422. The maximum Gasteiger partial charge on any atom is 0.407 e. The van der Waals surface area contributed by atoms with E-state index < -0.39 is 24.0 Å². The summed E-state index contributed by atoms with van der Waals surface area (Å²) in [6, 6.07) is 15.4. The average molecular weight is 483 g/mol. The van der Waals surface area contributed by atoms with Gasteiger partial charge in [0.05, 0.1) is 11.3 Å². The van der Waals surface area contributed by atoms with Crippen LogP contribution in [0.5, 0.6) is 0 Å². The first kappa shape index (κ1) is 24.1. The fourth-order valence-corrected chi connectivity index (χ4v) is 5.99. The Morgan fingerprint density at radius 3 is 2.24 bits per heavy atom. The van der Waals surface area contributed by atoms with Crippen molar-refractivity contribution in [3.05, 3.63) is 59.7 Å². The van der Waals surface area contributed by atoms with Crippen LogP contribution in [0.15, 0.2) is 48.5 Å². The normalized spacial score (nSPS) is 20.1. The summed E-state index contributed by atoms with van der Waals surface area (Å²) < 4.78 is 5.58. The van der Waals surface area contributed by atoms with E-state index in [1.807, 2.05) is 45.0 Å². The quantitative estimate of drug-likeness (QED) is 0.615. The number of thioether (sulfide) groups is 1. The number of hydrogen-bond acceptors (Lipinski definition) is 5. The first-order valence-electron chi connectivity index (χ1n) is 11.5. The van der Waals surface area contributed by atoms with Crippen molar-refractivity contribution in [2.75, 3.05) is 18.9 Å². The molecule has 2 aliphatic rings. The molecule has 0 spiro atoms. The second-order valence-corrected chi connectivity index (χ2v) is 10.4. The van der Waals surface area contributed by atoms with Crippen molar-refractivity contribution in [2.24, 2.45) is 11.8 Å². The fourth-order valence-electron chi connectivity index (χ4n) is 4.81. The topological polar surface area (TPSA) is 95.9 Å². The summed E-state index contributed by atoms with van der Waals surface area (Å²) in [5, 5.41) is 12.0. The number of fused-ring (bicyclic) bond motifs is 3. The van der Waals surface area contributed by atoms with Gasteiger partial charge < -0.3 is 20.1 Å². The molecule has 0 aromatic heterocycles. The molecule has 2 aromatic rings. The van der Waals surface area contributed by atoms with Crippen LogP contribution in [0, 0.1) is 11.8 Å². The third-order valence-corrected chi connectivity index (χ3v) is 7.91. The molecule has 1 aliphatic heterocycles. The second kappa shape index (κ2) is 10.1. The minimum Gasteiger partial charge on any atom is -0.480 e. The molecule has 2 N–H and O–H groups in total. The molecule has 7 nitrogen and oxygen atoms in total. The number of alkyl carbamates (subject to hydrolysis) is 1. The predicted molar refractivity (Wildman–Crippen MR) is 132 cm³/mol. The van der Waals surface area contributed by atoms with Gasteiger partial charge in [-0.05, 0) is 35.1 Å². The van der Waals surface area contributed by atoms with Crippen molar-refractivity contribution in [1.82, 2.24) is 10.2 Å². The van der Waals surface area contributed by atoms with Crippen LogP contribution in [-0.4, -0.2) is 58.3 Å². The summed E-state index contributed by atoms with van der Waals surface area (Å²) in [6.45, 7) is 5.91. The number of amides is 2. The van der Waals surface area contributed by atoms with Gasteiger partial charge >= 0.3 is 12.1 Å². The molecule has 2 amide bonds. The Kier molecular flexibility index (Phi) is 7.16. The Hall–Kier alpha value is -3.00. The Bertz CT molecular complexity index is 1040. The first-order valence-corrected chi connectivity index (χ1v) is 12.6. The Labute approximate surface area is 203 Å². The van der Waals surface area contributed by atoms with Crippen LogP contribution < -0.4 is 5.32 Å². The number of carboxylic acids is 1. The van der Waals surface area contributed by atoms with Crippen molar-refractivity contribution in [3.63, 3.8) is 0 Å². The van der Waals surface area contributed by atoms with E-state index in [1.165, 1.54) is 16.7 Å². The summed E-state index contributed by atoms with van der Waals surface area (Å²) in [5.74, 6) is -1.54. The molecule has 1 saturated heterocycles. The zero-order valence-corrected chi connectivity index (χ0v) is 20.4. The highest BCUT2D eigenvalue weighted by atomic mass is 32.2. The van der Waals surface area contributed by atoms with E-state index in [0.717, 1.165) is 22.3 Å². The highest BCUT2D eigenvalue weighted by Crippen LogP contribution is 2.44. The van der Waals surface area contributed by atoms with Gasteiger partial charge in [-0.3, -0.25) is 4.79 Å². The highest BCUT2D eigenvalue weighted by Gasteiger charge is 2.42. The average Bonchev–Trinajstić information content (AvgIpc) is 3.35. The SMILES string of the molecule is CC(C)C(CNC(=O)OCC1c2ccccc2-c2ccccc21)C(=O)N1C(C)SCC1C(=O)O. The number of nitrogens with zero attached hydrogens (tertiary/aromatic N) is 1. The number of aliphatic carboxylic acids is 1. The van der Waals surface area contributed by atoms with Crippen LogP contribution in [0.2, 0.25) is 0 Å². The van der Waals surface area contributed by atoms with Crippen molar-refractivity contribution in [2.45, 2.75) is 38.1 Å². The molecule has 34 heavy (non-hydrogen) atoms. The number of ether oxygens (including phenoxy) is 1. The number of carbonyl (C=O) groups excluding carboxylic acids is 2. The van der Waals surface area contributed by atoms with Gasteiger partial charge in [0.1, 0.15) is 12.6 Å². The number of benzene rings is 2. The molecular weight excluding hydrogens is 452 g/mol. The zero-order valence-electron chi connectivity index (χ0n) is 19.6. The van der Waals surface area contributed by atoms with Crippen molar-refractivity contribution in [1.29, 1.82) is 0 Å². The Balaban J connectivity index is 1.38. The largest absolute Gasteiger partial charge is 0.480 e. The number of rotatable bonds is 7. The molecule has 1 fully saturated rings. The van der Waals surface area contributed by atoms with Gasteiger partial charge in [-0.1, -0.05) is 62.4 Å². The lowest BCUT2D eigenvalue weighted by atomic mass is 9.93. The molecule has 8 heteroatoms. The molecular formula is C26H30N2O5S. The summed E-state index contributed by atoms with van der Waals surface area (Å²) >= 11 is 1.45. The maximum atomic E-state index is 13.2. The molecule has 4 rings (SSSR count). The van der Waals surface area contributed by atoms with Gasteiger partial charge in [-0.25, -0.2) is 9.59 Å². The van der Waals surface area contributed by atoms with Crippen molar-refractivity contribution >= 4 is 29.7 Å². The van der Waals surface area contributed by atoms with E-state index in [0.29, 0.717) is 5.75 Å². The van der Waals surface area contributed by atoms with Crippen LogP contribution in [0.3, 0.4) is 0 Å². The minimum atomic E-state index is -1.00. The van der Waals surface area contributed by atoms with Gasteiger partial charge in [0.15, 0.2) is 0 Å². The van der Waals surface area contributed by atoms with Gasteiger partial charge in [-0.15, -0.1) is 11.8 Å². The monoisotopic (exact) mass is 482 g/mol. The fraction of sp³-hybridized carbons (Fsp3) is 0.423. The molecule has 180 valence electrons. The molecule has 2 aromatic carbocycles. The lowest BCUT2D eigenvalue weighted by molar-refractivity contribution is -0.151. The summed E-state index contributed by atoms with van der Waals surface area (Å²) in [4.78, 5) is 38.9. The lowest BCUT2D eigenvalue weighted by Gasteiger charge is -2.31. The number of carboxylic acid groups (broad SMARTS) is 1. The smallest absolute Gasteiger partial charge is 0.407 e. The molecule has 3 atom stereocenters. The van der Waals surface area contributed by atoms with E-state index in [1.54, 1.807) is 0 Å². The third-order valence-electron chi connectivity index (χ3n) is 6.69. The van der Waals surface area contributed by atoms with Crippen LogP contribution in [0.1, 0.15) is 37.8 Å². The van der Waals surface area contributed by atoms with Crippen molar-refractivity contribution in [3.8, 4) is 11.1 Å². The number of hydrogen-bond donors (Lipinski definition) is 2. The molecule has 3 unspecified atom stereocenters. The molecule has 1 heterocycles. The summed E-state index contributed by atoms with van der Waals surface area (Å²) in [5.41, 5.74) is 4.57. The maximum absolute atomic E-state index is 13.2. The molecule has 0 bridgehead atoms.